The van der Waals surface area contributed by atoms with E-state index in [9.17, 15) is 4.79 Å². The zero-order chi connectivity index (χ0) is 13.7. The first-order chi connectivity index (χ1) is 9.17. The smallest absolute Gasteiger partial charge is 0.223 e. The molecule has 1 aromatic rings. The highest BCUT2D eigenvalue weighted by Crippen LogP contribution is 2.21. The van der Waals surface area contributed by atoms with E-state index < -0.39 is 0 Å². The van der Waals surface area contributed by atoms with Gasteiger partial charge in [-0.3, -0.25) is 9.69 Å². The summed E-state index contributed by atoms with van der Waals surface area (Å²) in [4.78, 5) is 18.8. The van der Waals surface area contributed by atoms with Crippen molar-refractivity contribution >= 4 is 38.7 Å². The first kappa shape index (κ1) is 15.0. The molecule has 1 unspecified atom stereocenters. The Hall–Kier alpha value is -0.448. The van der Waals surface area contributed by atoms with Gasteiger partial charge in [0.05, 0.1) is 6.61 Å². The molecule has 2 heterocycles. The van der Waals surface area contributed by atoms with Gasteiger partial charge in [0.25, 0.3) is 0 Å². The standard InChI is InChI=1S/C12H18N3O2S.Al.2H/c1-9-6-15(3-4-17-8-9)7-11-5-13-12(18-11)14-10(2)16;;;/h5,9H,1,3-4,6-8H2,2H3,(H,13,14,16);;;. The quantitative estimate of drug-likeness (QED) is 0.827. The van der Waals surface area contributed by atoms with E-state index in [2.05, 4.69) is 15.2 Å². The topological polar surface area (TPSA) is 54.5 Å². The number of ether oxygens (including phenoxy) is 1. The monoisotopic (exact) mass is 297 g/mol. The first-order valence-electron chi connectivity index (χ1n) is 6.69. The van der Waals surface area contributed by atoms with Gasteiger partial charge in [0.15, 0.2) is 5.13 Å². The number of thiazole rings is 1. The Morgan fingerprint density at radius 2 is 2.58 bits per heavy atom. The Balaban J connectivity index is 1.91. The van der Waals surface area contributed by atoms with Crippen LogP contribution < -0.4 is 5.32 Å². The summed E-state index contributed by atoms with van der Waals surface area (Å²) in [5.74, 6) is 0.608. The van der Waals surface area contributed by atoms with Crippen LogP contribution in [0.1, 0.15) is 11.8 Å². The van der Waals surface area contributed by atoms with Crippen LogP contribution in [0.4, 0.5) is 5.13 Å². The molecule has 104 valence electrons. The minimum atomic E-state index is -0.0694. The van der Waals surface area contributed by atoms with Crippen LogP contribution in [0.15, 0.2) is 6.20 Å². The normalized spacial score (nSPS) is 21.0. The summed E-state index contributed by atoms with van der Waals surface area (Å²) in [6, 6.07) is 0. The summed E-state index contributed by atoms with van der Waals surface area (Å²) in [6.07, 6.45) is 1.86. The fraction of sp³-hybridized carbons (Fsp3) is 0.667. The summed E-state index contributed by atoms with van der Waals surface area (Å²) in [6.45, 7) is 6.21. The SMILES string of the molecule is CC(=O)Nc1ncc(CN2CCOCC([CH2][AlH2])C2)s1. The van der Waals surface area contributed by atoms with Crippen molar-refractivity contribution in [3.05, 3.63) is 11.1 Å². The number of amides is 1. The average Bonchev–Trinajstić information content (AvgIpc) is 2.66. The molecule has 1 N–H and O–H groups in total. The third-order valence-corrected chi connectivity index (χ3v) is 5.27. The molecule has 1 aromatic heterocycles. The van der Waals surface area contributed by atoms with Crippen LogP contribution in [-0.2, 0) is 16.1 Å². The third kappa shape index (κ3) is 4.86. The third-order valence-electron chi connectivity index (χ3n) is 3.22. The van der Waals surface area contributed by atoms with Crippen LogP contribution in [-0.4, -0.2) is 58.4 Å². The van der Waals surface area contributed by atoms with E-state index in [0.29, 0.717) is 11.0 Å². The Morgan fingerprint density at radius 3 is 3.32 bits per heavy atom. The van der Waals surface area contributed by atoms with E-state index in [-0.39, 0.29) is 5.91 Å². The van der Waals surface area contributed by atoms with Gasteiger partial charge in [-0.05, 0) is 5.92 Å². The highest BCUT2D eigenvalue weighted by molar-refractivity contribution is 7.15. The van der Waals surface area contributed by atoms with E-state index in [1.807, 2.05) is 6.20 Å². The number of nitrogens with zero attached hydrogens (tertiary/aromatic N) is 2. The summed E-state index contributed by atoms with van der Waals surface area (Å²) >= 11 is 2.78. The van der Waals surface area contributed by atoms with Gasteiger partial charge in [-0.2, -0.15) is 0 Å². The van der Waals surface area contributed by atoms with Crippen molar-refractivity contribution in [1.29, 1.82) is 0 Å². The molecule has 1 saturated heterocycles. The number of carbonyl (C=O) groups is 1. The van der Waals surface area contributed by atoms with Gasteiger partial charge in [-0.25, -0.2) is 4.98 Å². The highest BCUT2D eigenvalue weighted by Gasteiger charge is 2.18. The fourth-order valence-corrected chi connectivity index (χ4v) is 3.55. The molecule has 5 nitrogen and oxygen atoms in total. The molecule has 1 aliphatic heterocycles. The van der Waals surface area contributed by atoms with Crippen LogP contribution in [0, 0.1) is 5.92 Å². The van der Waals surface area contributed by atoms with Crippen LogP contribution in [0.25, 0.3) is 0 Å². The number of nitrogens with one attached hydrogen (secondary N) is 1. The average molecular weight is 297 g/mol. The lowest BCUT2D eigenvalue weighted by Gasteiger charge is -2.21. The highest BCUT2D eigenvalue weighted by atomic mass is 32.1. The van der Waals surface area contributed by atoms with Crippen molar-refractivity contribution in [3.8, 4) is 0 Å². The van der Waals surface area contributed by atoms with Crippen molar-refractivity contribution in [2.24, 2.45) is 5.92 Å². The molecule has 1 amide bonds. The van der Waals surface area contributed by atoms with Crippen molar-refractivity contribution in [2.45, 2.75) is 18.8 Å². The van der Waals surface area contributed by atoms with Gasteiger partial charge < -0.3 is 10.1 Å². The van der Waals surface area contributed by atoms with Crippen LogP contribution in [0.5, 0.6) is 0 Å². The fourth-order valence-electron chi connectivity index (χ4n) is 2.15. The number of anilines is 1. The van der Waals surface area contributed by atoms with Crippen molar-refractivity contribution in [3.63, 3.8) is 0 Å². The zero-order valence-corrected chi connectivity index (χ0v) is 14.3. The number of rotatable bonds is 4. The predicted molar refractivity (Wildman–Crippen MR) is 79.4 cm³/mol. The molecule has 1 aliphatic rings. The molecule has 0 saturated carbocycles. The summed E-state index contributed by atoms with van der Waals surface area (Å²) in [5.41, 5.74) is 0. The maximum atomic E-state index is 11.0. The largest absolute Gasteiger partial charge is 0.380 e. The van der Waals surface area contributed by atoms with E-state index in [1.165, 1.54) is 33.4 Å². The molecule has 1 fully saturated rings. The van der Waals surface area contributed by atoms with Gasteiger partial charge in [-0.1, -0.05) is 5.28 Å². The molecule has 0 aromatic carbocycles. The predicted octanol–water partition coefficient (Wildman–Crippen LogP) is 0.601. The molecule has 1 atom stereocenters. The van der Waals surface area contributed by atoms with Gasteiger partial charge in [0.2, 0.25) is 22.2 Å². The summed E-state index contributed by atoms with van der Waals surface area (Å²) in [5, 5.41) is 4.70. The number of aromatic nitrogens is 1. The van der Waals surface area contributed by atoms with Crippen molar-refractivity contribution in [1.82, 2.24) is 9.88 Å². The van der Waals surface area contributed by atoms with E-state index in [0.717, 1.165) is 32.8 Å². The Labute approximate surface area is 125 Å². The molecular weight excluding hydrogens is 277 g/mol. The van der Waals surface area contributed by atoms with Gasteiger partial charge in [0.1, 0.15) is 0 Å². The number of hydrogen-bond donors (Lipinski definition) is 1. The molecular formula is C12H20AlN3O2S. The zero-order valence-electron chi connectivity index (χ0n) is 11.5. The summed E-state index contributed by atoms with van der Waals surface area (Å²) < 4.78 is 5.64. The Bertz CT molecular complexity index is 427. The van der Waals surface area contributed by atoms with Crippen molar-refractivity contribution in [2.75, 3.05) is 31.6 Å². The van der Waals surface area contributed by atoms with Crippen molar-refractivity contribution < 1.29 is 9.53 Å². The Morgan fingerprint density at radius 1 is 1.74 bits per heavy atom. The second-order valence-corrected chi connectivity index (χ2v) is 6.83. The lowest BCUT2D eigenvalue weighted by atomic mass is 10.2. The molecule has 7 heteroatoms. The molecule has 0 spiro atoms. The maximum absolute atomic E-state index is 11.0. The minimum absolute atomic E-state index is 0.0694. The lowest BCUT2D eigenvalue weighted by Crippen LogP contribution is -2.29. The Kier molecular flexibility index (Phi) is 5.80. The van der Waals surface area contributed by atoms with Crippen LogP contribution in [0.2, 0.25) is 5.28 Å². The van der Waals surface area contributed by atoms with Gasteiger partial charge in [0, 0.05) is 44.2 Å². The second kappa shape index (κ2) is 7.37. The maximum Gasteiger partial charge on any atom is 0.223 e. The molecule has 0 bridgehead atoms. The molecule has 0 aliphatic carbocycles. The molecule has 19 heavy (non-hydrogen) atoms. The first-order valence-corrected chi connectivity index (χ1v) is 8.93. The van der Waals surface area contributed by atoms with Crippen LogP contribution in [0.3, 0.4) is 0 Å². The van der Waals surface area contributed by atoms with E-state index in [1.54, 1.807) is 11.3 Å². The van der Waals surface area contributed by atoms with Crippen LogP contribution >= 0.6 is 11.3 Å². The molecule has 0 radical (unpaired) electrons. The second-order valence-electron chi connectivity index (χ2n) is 4.90. The minimum Gasteiger partial charge on any atom is -0.380 e. The van der Waals surface area contributed by atoms with Gasteiger partial charge >= 0.3 is 0 Å². The van der Waals surface area contributed by atoms with E-state index in [4.69, 9.17) is 4.74 Å². The summed E-state index contributed by atoms with van der Waals surface area (Å²) in [7, 11) is 0. The molecule has 2 rings (SSSR count). The number of carbonyl (C=O) groups excluding carboxylic acids is 1. The number of hydrogen-bond acceptors (Lipinski definition) is 5. The van der Waals surface area contributed by atoms with E-state index >= 15 is 0 Å². The lowest BCUT2D eigenvalue weighted by molar-refractivity contribution is -0.114. The van der Waals surface area contributed by atoms with Gasteiger partial charge in [-0.15, -0.1) is 11.3 Å².